The number of thiophene rings is 1. The van der Waals surface area contributed by atoms with Gasteiger partial charge >= 0.3 is 165 Å². The van der Waals surface area contributed by atoms with E-state index in [1.807, 2.05) is 25.2 Å². The summed E-state index contributed by atoms with van der Waals surface area (Å²) in [5.41, 5.74) is 0. The molecule has 1 rings (SSSR count). The number of unbranched alkanes of at least 4 members (excludes halogenated alkanes) is 3. The fraction of sp³-hybridized carbons (Fsp3) is 0.810. The summed E-state index contributed by atoms with van der Waals surface area (Å²) >= 11 is -0.273. The van der Waals surface area contributed by atoms with Crippen molar-refractivity contribution in [2.24, 2.45) is 0 Å². The van der Waals surface area contributed by atoms with E-state index in [-0.39, 0.29) is 6.29 Å². The molecule has 0 atom stereocenters. The second-order valence-electron chi connectivity index (χ2n) is 7.04. The Morgan fingerprint density at radius 1 is 0.800 bits per heavy atom. The van der Waals surface area contributed by atoms with Gasteiger partial charge in [0.15, 0.2) is 0 Å². The maximum absolute atomic E-state index is 5.85. The average molecular weight is 475 g/mol. The number of hydrogen-bond acceptors (Lipinski definition) is 3. The molecule has 0 N–H and O–H groups in total. The quantitative estimate of drug-likeness (QED) is 0.204. The van der Waals surface area contributed by atoms with Crippen LogP contribution < -0.4 is 2.89 Å². The predicted molar refractivity (Wildman–Crippen MR) is 115 cm³/mol. The van der Waals surface area contributed by atoms with E-state index < -0.39 is 18.4 Å². The molecule has 0 fully saturated rings. The van der Waals surface area contributed by atoms with Gasteiger partial charge in [-0.2, -0.15) is 0 Å². The monoisotopic (exact) mass is 476 g/mol. The van der Waals surface area contributed by atoms with Crippen LogP contribution in [0.15, 0.2) is 12.1 Å². The van der Waals surface area contributed by atoms with E-state index in [4.69, 9.17) is 9.47 Å². The standard InChI is InChI=1S/C9H13O2S.3C4H9.Sn/c1-3-10-9(11-4-2)8-6-5-7-12-8;3*1-3-4-2;/h5-6,9H,3-4H2,1-2H3;3*1,3-4H2,2H3;. The molecular formula is C21H40O2SSn. The van der Waals surface area contributed by atoms with Gasteiger partial charge in [-0.3, -0.25) is 0 Å². The van der Waals surface area contributed by atoms with Crippen LogP contribution in [0.25, 0.3) is 0 Å². The fourth-order valence-corrected chi connectivity index (χ4v) is 23.8. The van der Waals surface area contributed by atoms with Gasteiger partial charge in [-0.15, -0.1) is 0 Å². The normalized spacial score (nSPS) is 12.2. The van der Waals surface area contributed by atoms with E-state index in [9.17, 15) is 0 Å². The van der Waals surface area contributed by atoms with Crippen molar-refractivity contribution in [1.82, 2.24) is 0 Å². The Kier molecular flexibility index (Phi) is 12.7. The zero-order chi connectivity index (χ0) is 18.5. The number of ether oxygens (including phenoxy) is 2. The third-order valence-corrected chi connectivity index (χ3v) is 24.4. The first-order chi connectivity index (χ1) is 12.2. The molecule has 0 saturated carbocycles. The van der Waals surface area contributed by atoms with Crippen molar-refractivity contribution in [3.63, 3.8) is 0 Å². The van der Waals surface area contributed by atoms with Crippen molar-refractivity contribution >= 4 is 32.6 Å². The summed E-state index contributed by atoms with van der Waals surface area (Å²) in [5, 5.41) is 0. The van der Waals surface area contributed by atoms with E-state index in [0.29, 0.717) is 13.2 Å². The van der Waals surface area contributed by atoms with E-state index in [1.165, 1.54) is 56.7 Å². The Hall–Kier alpha value is 0.419. The molecule has 0 amide bonds. The van der Waals surface area contributed by atoms with E-state index in [0.717, 1.165) is 0 Å². The third kappa shape index (κ3) is 7.51. The van der Waals surface area contributed by atoms with Crippen molar-refractivity contribution in [3.05, 3.63) is 17.0 Å². The first-order valence-electron chi connectivity index (χ1n) is 10.5. The van der Waals surface area contributed by atoms with Crippen molar-refractivity contribution in [1.29, 1.82) is 0 Å². The van der Waals surface area contributed by atoms with Crippen LogP contribution in [0.5, 0.6) is 0 Å². The Bertz CT molecular complexity index is 419. The molecular weight excluding hydrogens is 435 g/mol. The Morgan fingerprint density at radius 2 is 1.28 bits per heavy atom. The van der Waals surface area contributed by atoms with Crippen molar-refractivity contribution in [3.8, 4) is 0 Å². The van der Waals surface area contributed by atoms with Crippen LogP contribution in [0, 0.1) is 0 Å². The summed E-state index contributed by atoms with van der Waals surface area (Å²) in [4.78, 5) is 1.28. The molecule has 0 spiro atoms. The molecule has 0 saturated heterocycles. The van der Waals surface area contributed by atoms with Crippen LogP contribution in [0.3, 0.4) is 0 Å². The second-order valence-corrected chi connectivity index (χ2v) is 22.3. The van der Waals surface area contributed by atoms with Crippen molar-refractivity contribution in [2.75, 3.05) is 13.2 Å². The summed E-state index contributed by atoms with van der Waals surface area (Å²) in [7, 11) is 0. The van der Waals surface area contributed by atoms with Crippen LogP contribution in [-0.4, -0.2) is 31.6 Å². The molecule has 4 heteroatoms. The van der Waals surface area contributed by atoms with Gasteiger partial charge in [0, 0.05) is 0 Å². The summed E-state index contributed by atoms with van der Waals surface area (Å²) in [6, 6.07) is 4.76. The van der Waals surface area contributed by atoms with Crippen molar-refractivity contribution in [2.45, 2.75) is 92.7 Å². The molecule has 0 aliphatic rings. The molecule has 25 heavy (non-hydrogen) atoms. The van der Waals surface area contributed by atoms with Gasteiger partial charge in [-0.1, -0.05) is 0 Å². The van der Waals surface area contributed by atoms with Gasteiger partial charge in [0.25, 0.3) is 0 Å². The molecule has 0 radical (unpaired) electrons. The number of hydrogen-bond donors (Lipinski definition) is 0. The van der Waals surface area contributed by atoms with Gasteiger partial charge in [-0.05, 0) is 0 Å². The molecule has 1 aromatic rings. The number of rotatable bonds is 15. The van der Waals surface area contributed by atoms with E-state index >= 15 is 0 Å². The Balaban J connectivity index is 3.09. The zero-order valence-electron chi connectivity index (χ0n) is 17.2. The molecule has 0 aliphatic heterocycles. The van der Waals surface area contributed by atoms with Crippen LogP contribution in [0.1, 0.15) is 84.3 Å². The minimum absolute atomic E-state index is 0.165. The van der Waals surface area contributed by atoms with E-state index in [1.54, 1.807) is 2.89 Å². The summed E-state index contributed by atoms with van der Waals surface area (Å²) in [5.74, 6) is 0. The first-order valence-corrected chi connectivity index (χ1v) is 18.8. The predicted octanol–water partition coefficient (Wildman–Crippen LogP) is 6.88. The van der Waals surface area contributed by atoms with Crippen LogP contribution in [-0.2, 0) is 9.47 Å². The fourth-order valence-electron chi connectivity index (χ4n) is 3.57. The molecule has 0 aromatic carbocycles. The van der Waals surface area contributed by atoms with Gasteiger partial charge in [0.2, 0.25) is 0 Å². The third-order valence-electron chi connectivity index (χ3n) is 5.04. The van der Waals surface area contributed by atoms with Crippen molar-refractivity contribution < 1.29 is 9.47 Å². The van der Waals surface area contributed by atoms with Crippen LogP contribution in [0.2, 0.25) is 13.3 Å². The first kappa shape index (κ1) is 23.5. The van der Waals surface area contributed by atoms with E-state index in [2.05, 4.69) is 32.9 Å². The average Bonchev–Trinajstić information content (AvgIpc) is 3.12. The van der Waals surface area contributed by atoms with Gasteiger partial charge in [-0.25, -0.2) is 0 Å². The Morgan fingerprint density at radius 3 is 1.68 bits per heavy atom. The SMILES string of the molecule is CCC[CH2][Sn]([CH2]CCC)([CH2]CCC)[c]1ccc(C(OCC)OCC)s1. The topological polar surface area (TPSA) is 18.5 Å². The molecule has 2 nitrogen and oxygen atoms in total. The molecule has 1 heterocycles. The molecule has 146 valence electrons. The van der Waals surface area contributed by atoms with Crippen LogP contribution in [0.4, 0.5) is 0 Å². The van der Waals surface area contributed by atoms with Gasteiger partial charge in [0.05, 0.1) is 0 Å². The minimum atomic E-state index is -2.30. The summed E-state index contributed by atoms with van der Waals surface area (Å²) in [6.07, 6.45) is 8.06. The van der Waals surface area contributed by atoms with Gasteiger partial charge < -0.3 is 0 Å². The summed E-state index contributed by atoms with van der Waals surface area (Å²) in [6.45, 7) is 12.5. The summed E-state index contributed by atoms with van der Waals surface area (Å²) < 4.78 is 18.0. The second kappa shape index (κ2) is 13.6. The zero-order valence-corrected chi connectivity index (χ0v) is 20.9. The van der Waals surface area contributed by atoms with Gasteiger partial charge in [0.1, 0.15) is 0 Å². The molecule has 0 bridgehead atoms. The molecule has 0 unspecified atom stereocenters. The maximum atomic E-state index is 5.85. The van der Waals surface area contributed by atoms with Crippen LogP contribution >= 0.6 is 11.3 Å². The Labute approximate surface area is 164 Å². The molecule has 1 aromatic heterocycles. The molecule has 0 aliphatic carbocycles.